The first-order chi connectivity index (χ1) is 9.93. The molecule has 0 saturated carbocycles. The van der Waals surface area contributed by atoms with Gasteiger partial charge in [0.25, 0.3) is 0 Å². The van der Waals surface area contributed by atoms with Gasteiger partial charge in [0.2, 0.25) is 11.8 Å². The smallest absolute Gasteiger partial charge is 0.240 e. The number of primary amides is 1. The minimum absolute atomic E-state index is 0.168. The van der Waals surface area contributed by atoms with Gasteiger partial charge in [0, 0.05) is 5.75 Å². The summed E-state index contributed by atoms with van der Waals surface area (Å²) in [5.41, 5.74) is 6.43. The van der Waals surface area contributed by atoms with Gasteiger partial charge in [0.15, 0.2) is 0 Å². The Morgan fingerprint density at radius 1 is 1.24 bits per heavy atom. The molecule has 0 aliphatic heterocycles. The summed E-state index contributed by atoms with van der Waals surface area (Å²) >= 11 is 4.25. The zero-order valence-corrected chi connectivity index (χ0v) is 13.5. The van der Waals surface area contributed by atoms with Gasteiger partial charge in [0.05, 0.1) is 5.92 Å². The van der Waals surface area contributed by atoms with Crippen molar-refractivity contribution in [2.45, 2.75) is 32.7 Å². The van der Waals surface area contributed by atoms with E-state index >= 15 is 0 Å². The van der Waals surface area contributed by atoms with Crippen LogP contribution in [0.25, 0.3) is 0 Å². The normalized spacial score (nSPS) is 13.7. The van der Waals surface area contributed by atoms with E-state index < -0.39 is 11.9 Å². The van der Waals surface area contributed by atoms with Gasteiger partial charge in [-0.1, -0.05) is 44.2 Å². The Morgan fingerprint density at radius 3 is 2.33 bits per heavy atom. The monoisotopic (exact) mass is 308 g/mol. The third kappa shape index (κ3) is 6.21. The quantitative estimate of drug-likeness (QED) is 0.641. The van der Waals surface area contributed by atoms with Crippen molar-refractivity contribution < 1.29 is 9.59 Å². The van der Waals surface area contributed by atoms with Gasteiger partial charge in [0.1, 0.15) is 6.04 Å². The Labute approximate surface area is 131 Å². The Hall–Kier alpha value is -1.49. The molecule has 0 aliphatic rings. The Bertz CT molecular complexity index is 463. The Morgan fingerprint density at radius 2 is 1.86 bits per heavy atom. The number of benzene rings is 1. The molecule has 1 aromatic rings. The van der Waals surface area contributed by atoms with Crippen molar-refractivity contribution in [3.63, 3.8) is 0 Å². The molecule has 1 aromatic carbocycles. The number of hydrogen-bond donors (Lipinski definition) is 3. The summed E-state index contributed by atoms with van der Waals surface area (Å²) < 4.78 is 0. The summed E-state index contributed by atoms with van der Waals surface area (Å²) in [6, 6.07) is 9.15. The number of thiol groups is 1. The van der Waals surface area contributed by atoms with Crippen LogP contribution in [-0.4, -0.2) is 23.6 Å². The van der Waals surface area contributed by atoms with Crippen molar-refractivity contribution in [1.82, 2.24) is 5.32 Å². The van der Waals surface area contributed by atoms with Gasteiger partial charge in [-0.3, -0.25) is 9.59 Å². The average molecular weight is 308 g/mol. The van der Waals surface area contributed by atoms with E-state index in [2.05, 4.69) is 17.9 Å². The molecule has 0 heterocycles. The number of rotatable bonds is 8. The molecule has 0 aromatic heterocycles. The van der Waals surface area contributed by atoms with Crippen LogP contribution in [0.4, 0.5) is 0 Å². The minimum Gasteiger partial charge on any atom is -0.368 e. The van der Waals surface area contributed by atoms with E-state index in [4.69, 9.17) is 5.73 Å². The maximum atomic E-state index is 12.3. The van der Waals surface area contributed by atoms with E-state index in [9.17, 15) is 9.59 Å². The molecule has 3 N–H and O–H groups in total. The van der Waals surface area contributed by atoms with Crippen LogP contribution in [0.5, 0.6) is 0 Å². The van der Waals surface area contributed by atoms with E-state index in [1.165, 1.54) is 0 Å². The van der Waals surface area contributed by atoms with Crippen molar-refractivity contribution in [1.29, 1.82) is 0 Å². The highest BCUT2D eigenvalue weighted by Crippen LogP contribution is 2.12. The molecular weight excluding hydrogens is 284 g/mol. The summed E-state index contributed by atoms with van der Waals surface area (Å²) in [4.78, 5) is 23.7. The summed E-state index contributed by atoms with van der Waals surface area (Å²) in [5.74, 6) is -0.224. The molecule has 116 valence electrons. The largest absolute Gasteiger partial charge is 0.368 e. The standard InChI is InChI=1S/C16H24N2O2S/c1-11(2)8-14(15(17)19)18-16(20)13(10-21)9-12-6-4-3-5-7-12/h3-7,11,13-14,21H,8-10H2,1-2H3,(H2,17,19)(H,18,20)/t13-,14+/m1/s1. The summed E-state index contributed by atoms with van der Waals surface area (Å²) in [6.07, 6.45) is 1.15. The highest BCUT2D eigenvalue weighted by Gasteiger charge is 2.24. The van der Waals surface area contributed by atoms with Gasteiger partial charge in [-0.15, -0.1) is 0 Å². The third-order valence-electron chi connectivity index (χ3n) is 3.28. The maximum Gasteiger partial charge on any atom is 0.240 e. The van der Waals surface area contributed by atoms with E-state index in [0.29, 0.717) is 18.6 Å². The molecule has 0 radical (unpaired) electrons. The van der Waals surface area contributed by atoms with Crippen LogP contribution in [0.15, 0.2) is 30.3 Å². The molecular formula is C16H24N2O2S. The zero-order chi connectivity index (χ0) is 15.8. The lowest BCUT2D eigenvalue weighted by atomic mass is 9.98. The minimum atomic E-state index is -0.615. The van der Waals surface area contributed by atoms with Crippen LogP contribution in [0.2, 0.25) is 0 Å². The highest BCUT2D eigenvalue weighted by atomic mass is 32.1. The predicted molar refractivity (Wildman–Crippen MR) is 88.1 cm³/mol. The average Bonchev–Trinajstić information content (AvgIpc) is 2.44. The van der Waals surface area contributed by atoms with E-state index in [-0.39, 0.29) is 17.7 Å². The van der Waals surface area contributed by atoms with E-state index in [0.717, 1.165) is 5.56 Å². The van der Waals surface area contributed by atoms with Crippen LogP contribution in [0.1, 0.15) is 25.8 Å². The second-order valence-corrected chi connectivity index (χ2v) is 6.03. The van der Waals surface area contributed by atoms with Gasteiger partial charge >= 0.3 is 0 Å². The molecule has 0 unspecified atom stereocenters. The number of nitrogens with two attached hydrogens (primary N) is 1. The first-order valence-electron chi connectivity index (χ1n) is 7.18. The predicted octanol–water partition coefficient (Wildman–Crippen LogP) is 1.79. The number of nitrogens with one attached hydrogen (secondary N) is 1. The molecule has 0 aliphatic carbocycles. The van der Waals surface area contributed by atoms with Crippen LogP contribution in [0.3, 0.4) is 0 Å². The SMILES string of the molecule is CC(C)C[C@H](NC(=O)[C@@H](CS)Cc1ccccc1)C(N)=O. The van der Waals surface area contributed by atoms with Gasteiger partial charge in [-0.25, -0.2) is 0 Å². The molecule has 1 rings (SSSR count). The fourth-order valence-electron chi connectivity index (χ4n) is 2.15. The Balaban J connectivity index is 2.67. The topological polar surface area (TPSA) is 72.2 Å². The molecule has 5 heteroatoms. The molecule has 0 fully saturated rings. The number of hydrogen-bond acceptors (Lipinski definition) is 3. The third-order valence-corrected chi connectivity index (χ3v) is 3.72. The van der Waals surface area contributed by atoms with Crippen LogP contribution >= 0.6 is 12.6 Å². The van der Waals surface area contributed by atoms with E-state index in [1.54, 1.807) is 0 Å². The zero-order valence-electron chi connectivity index (χ0n) is 12.6. The molecule has 21 heavy (non-hydrogen) atoms. The van der Waals surface area contributed by atoms with Crippen molar-refractivity contribution in [2.24, 2.45) is 17.6 Å². The lowest BCUT2D eigenvalue weighted by Gasteiger charge is -2.21. The fraction of sp³-hybridized carbons (Fsp3) is 0.500. The number of carbonyl (C=O) groups is 2. The fourth-order valence-corrected chi connectivity index (χ4v) is 2.44. The lowest BCUT2D eigenvalue weighted by Crippen LogP contribution is -2.47. The van der Waals surface area contributed by atoms with Crippen molar-refractivity contribution in [3.05, 3.63) is 35.9 Å². The number of amides is 2. The van der Waals surface area contributed by atoms with Gasteiger partial charge in [-0.2, -0.15) is 12.6 Å². The van der Waals surface area contributed by atoms with Gasteiger partial charge in [-0.05, 0) is 24.3 Å². The first-order valence-corrected chi connectivity index (χ1v) is 7.81. The van der Waals surface area contributed by atoms with Crippen LogP contribution in [0, 0.1) is 11.8 Å². The molecule has 4 nitrogen and oxygen atoms in total. The summed E-state index contributed by atoms with van der Waals surface area (Å²) in [7, 11) is 0. The van der Waals surface area contributed by atoms with Gasteiger partial charge < -0.3 is 11.1 Å². The van der Waals surface area contributed by atoms with Crippen molar-refractivity contribution >= 4 is 24.4 Å². The Kier molecular flexibility index (Phi) is 7.29. The second kappa shape index (κ2) is 8.72. The maximum absolute atomic E-state index is 12.3. The highest BCUT2D eigenvalue weighted by molar-refractivity contribution is 7.80. The van der Waals surface area contributed by atoms with Crippen LogP contribution < -0.4 is 11.1 Å². The molecule has 0 saturated heterocycles. The first kappa shape index (κ1) is 17.6. The second-order valence-electron chi connectivity index (χ2n) is 5.66. The molecule has 2 amide bonds. The number of carbonyl (C=O) groups excluding carboxylic acids is 2. The lowest BCUT2D eigenvalue weighted by molar-refractivity contribution is -0.129. The van der Waals surface area contributed by atoms with E-state index in [1.807, 2.05) is 44.2 Å². The summed E-state index contributed by atoms with van der Waals surface area (Å²) in [6.45, 7) is 3.98. The van der Waals surface area contributed by atoms with Crippen LogP contribution in [-0.2, 0) is 16.0 Å². The van der Waals surface area contributed by atoms with Crippen molar-refractivity contribution in [3.8, 4) is 0 Å². The van der Waals surface area contributed by atoms with Crippen molar-refractivity contribution in [2.75, 3.05) is 5.75 Å². The molecule has 0 spiro atoms. The summed E-state index contributed by atoms with van der Waals surface area (Å²) in [5, 5.41) is 2.76. The molecule has 2 atom stereocenters. The molecule has 0 bridgehead atoms.